The Morgan fingerprint density at radius 3 is 2.38 bits per heavy atom. The molecule has 3 rings (SSSR count). The molecule has 10 nitrogen and oxygen atoms in total. The summed E-state index contributed by atoms with van der Waals surface area (Å²) in [7, 11) is 2.77. The smallest absolute Gasteiger partial charge is 0.416 e. The summed E-state index contributed by atoms with van der Waals surface area (Å²) in [5.74, 6) is 0.0186. The van der Waals surface area contributed by atoms with Gasteiger partial charge in [0.1, 0.15) is 0 Å². The molecule has 0 heterocycles. The Kier molecular flexibility index (Phi) is 9.93. The van der Waals surface area contributed by atoms with Crippen molar-refractivity contribution in [3.8, 4) is 28.7 Å². The van der Waals surface area contributed by atoms with Crippen LogP contribution in [0.1, 0.15) is 34.8 Å². The summed E-state index contributed by atoms with van der Waals surface area (Å²) in [5.41, 5.74) is 1.03. The number of amides is 1. The fraction of sp³-hybridized carbons (Fsp3) is 0.231. The second kappa shape index (κ2) is 13.2. The van der Waals surface area contributed by atoms with Crippen LogP contribution >= 0.6 is 15.9 Å². The van der Waals surface area contributed by atoms with Gasteiger partial charge in [-0.2, -0.15) is 18.3 Å². The first-order chi connectivity index (χ1) is 19.0. The Bertz CT molecular complexity index is 1430. The van der Waals surface area contributed by atoms with E-state index >= 15 is 0 Å². The Morgan fingerprint density at radius 1 is 1.05 bits per heavy atom. The lowest BCUT2D eigenvalue weighted by Crippen LogP contribution is -2.17. The van der Waals surface area contributed by atoms with E-state index < -0.39 is 34.0 Å². The zero-order chi connectivity index (χ0) is 29.4. The Morgan fingerprint density at radius 2 is 1.75 bits per heavy atom. The number of halogens is 4. The van der Waals surface area contributed by atoms with Gasteiger partial charge in [0, 0.05) is 11.6 Å². The fourth-order valence-corrected chi connectivity index (χ4v) is 3.86. The van der Waals surface area contributed by atoms with E-state index in [2.05, 4.69) is 26.5 Å². The maximum absolute atomic E-state index is 13.0. The maximum Gasteiger partial charge on any atom is 0.416 e. The minimum atomic E-state index is -4.77. The lowest BCUT2D eigenvalue weighted by atomic mass is 10.1. The number of nitrogens with one attached hydrogen (secondary N) is 1. The fourth-order valence-electron chi connectivity index (χ4n) is 3.32. The number of carbonyl (C=O) groups excluding carboxylic acids is 1. The predicted octanol–water partition coefficient (Wildman–Crippen LogP) is 6.74. The van der Waals surface area contributed by atoms with Crippen LogP contribution < -0.4 is 24.4 Å². The lowest BCUT2D eigenvalue weighted by molar-refractivity contribution is -0.385. The topological polar surface area (TPSA) is 122 Å². The van der Waals surface area contributed by atoms with Crippen molar-refractivity contribution in [2.45, 2.75) is 19.5 Å². The molecule has 0 saturated carbocycles. The number of alkyl halides is 3. The second-order valence-electron chi connectivity index (χ2n) is 7.99. The molecule has 14 heteroatoms. The van der Waals surface area contributed by atoms with Crippen molar-refractivity contribution in [3.05, 3.63) is 79.8 Å². The normalized spacial score (nSPS) is 11.3. The van der Waals surface area contributed by atoms with E-state index in [1.807, 2.05) is 6.92 Å². The number of ether oxygens (including phenoxy) is 4. The van der Waals surface area contributed by atoms with Crippen LogP contribution in [0, 0.1) is 10.1 Å². The highest BCUT2D eigenvalue weighted by molar-refractivity contribution is 9.10. The predicted molar refractivity (Wildman–Crippen MR) is 143 cm³/mol. The van der Waals surface area contributed by atoms with Crippen LogP contribution in [0.15, 0.2) is 58.1 Å². The third kappa shape index (κ3) is 7.40. The molecular weight excluding hydrogens is 603 g/mol. The second-order valence-corrected chi connectivity index (χ2v) is 8.84. The highest BCUT2D eigenvalue weighted by Gasteiger charge is 2.33. The standard InChI is InChI=1S/C26H23BrF3N3O7/c1-4-9-39-21-7-5-16(12-22(21)37-2)25(34)32-31-14-15-10-18(27)24(23(11-15)38-3)40-20-8-6-17(26(28,29)30)13-19(20)33(35)36/h5-8,10-14H,4,9H2,1-3H3,(H,32,34)/b31-14+. The molecular formula is C26H23BrF3N3O7. The van der Waals surface area contributed by atoms with Crippen molar-refractivity contribution in [2.75, 3.05) is 20.8 Å². The molecule has 0 aliphatic heterocycles. The average molecular weight is 626 g/mol. The molecule has 0 aliphatic carbocycles. The summed E-state index contributed by atoms with van der Waals surface area (Å²) >= 11 is 3.27. The van der Waals surface area contributed by atoms with E-state index in [0.717, 1.165) is 12.5 Å². The summed E-state index contributed by atoms with van der Waals surface area (Å²) in [5, 5.41) is 15.3. The lowest BCUT2D eigenvalue weighted by Gasteiger charge is -2.14. The third-order valence-electron chi connectivity index (χ3n) is 5.21. The minimum absolute atomic E-state index is 0.0241. The summed E-state index contributed by atoms with van der Waals surface area (Å²) in [6, 6.07) is 9.58. The number of rotatable bonds is 11. The number of nitrogens with zero attached hydrogens (tertiary/aromatic N) is 2. The molecule has 1 amide bonds. The van der Waals surface area contributed by atoms with Crippen LogP contribution in [0.5, 0.6) is 28.7 Å². The number of hydrogen-bond acceptors (Lipinski definition) is 8. The van der Waals surface area contributed by atoms with Crippen molar-refractivity contribution in [1.82, 2.24) is 5.43 Å². The summed E-state index contributed by atoms with van der Waals surface area (Å²) in [6.07, 6.45) is -2.65. The molecule has 0 unspecified atom stereocenters. The van der Waals surface area contributed by atoms with Crippen molar-refractivity contribution < 1.29 is 41.8 Å². The van der Waals surface area contributed by atoms with Crippen LogP contribution in [0.3, 0.4) is 0 Å². The third-order valence-corrected chi connectivity index (χ3v) is 5.80. The quantitative estimate of drug-likeness (QED) is 0.142. The molecule has 0 spiro atoms. The van der Waals surface area contributed by atoms with Gasteiger partial charge < -0.3 is 18.9 Å². The average Bonchev–Trinajstić information content (AvgIpc) is 2.92. The van der Waals surface area contributed by atoms with E-state index in [-0.39, 0.29) is 21.5 Å². The first-order valence-electron chi connectivity index (χ1n) is 11.5. The van der Waals surface area contributed by atoms with E-state index in [4.69, 9.17) is 18.9 Å². The Hall–Kier alpha value is -4.33. The first-order valence-corrected chi connectivity index (χ1v) is 12.3. The number of nitro groups is 1. The molecule has 0 saturated heterocycles. The molecule has 0 aromatic heterocycles. The molecule has 3 aromatic rings. The molecule has 0 bridgehead atoms. The molecule has 0 aliphatic rings. The van der Waals surface area contributed by atoms with Gasteiger partial charge in [0.05, 0.1) is 42.0 Å². The van der Waals surface area contributed by atoms with Gasteiger partial charge in [0.15, 0.2) is 23.0 Å². The van der Waals surface area contributed by atoms with Crippen LogP contribution in [-0.4, -0.2) is 37.9 Å². The van der Waals surface area contributed by atoms with Crippen molar-refractivity contribution in [1.29, 1.82) is 0 Å². The molecule has 212 valence electrons. The molecule has 40 heavy (non-hydrogen) atoms. The van der Waals surface area contributed by atoms with Gasteiger partial charge in [0.25, 0.3) is 5.91 Å². The first kappa shape index (κ1) is 30.2. The van der Waals surface area contributed by atoms with Gasteiger partial charge >= 0.3 is 11.9 Å². The number of hydrogen-bond donors (Lipinski definition) is 1. The van der Waals surface area contributed by atoms with Gasteiger partial charge in [-0.3, -0.25) is 14.9 Å². The van der Waals surface area contributed by atoms with Gasteiger partial charge in [-0.15, -0.1) is 0 Å². The van der Waals surface area contributed by atoms with Crippen molar-refractivity contribution in [3.63, 3.8) is 0 Å². The van der Waals surface area contributed by atoms with Crippen molar-refractivity contribution in [2.24, 2.45) is 5.10 Å². The van der Waals surface area contributed by atoms with Gasteiger partial charge in [0.2, 0.25) is 5.75 Å². The molecule has 3 aromatic carbocycles. The summed E-state index contributed by atoms with van der Waals surface area (Å²) < 4.78 is 61.0. The highest BCUT2D eigenvalue weighted by Crippen LogP contribution is 2.43. The summed E-state index contributed by atoms with van der Waals surface area (Å²) in [4.78, 5) is 23.0. The number of nitro benzene ring substituents is 1. The Labute approximate surface area is 235 Å². The SMILES string of the molecule is CCCOc1ccc(C(=O)N/N=C/c2cc(Br)c(Oc3ccc(C(F)(F)F)cc3[N+](=O)[O-])c(OC)c2)cc1OC. The van der Waals surface area contributed by atoms with E-state index in [1.54, 1.807) is 12.1 Å². The summed E-state index contributed by atoms with van der Waals surface area (Å²) in [6.45, 7) is 2.46. The number of carbonyl (C=O) groups is 1. The number of methoxy groups -OCH3 is 2. The van der Waals surface area contributed by atoms with E-state index in [1.165, 1.54) is 38.6 Å². The zero-order valence-corrected chi connectivity index (χ0v) is 23.0. The number of benzene rings is 3. The molecule has 1 N–H and O–H groups in total. The maximum atomic E-state index is 13.0. The van der Waals surface area contributed by atoms with Gasteiger partial charge in [-0.25, -0.2) is 5.43 Å². The van der Waals surface area contributed by atoms with Gasteiger partial charge in [-0.05, 0) is 70.4 Å². The van der Waals surface area contributed by atoms with Crippen molar-refractivity contribution >= 4 is 33.7 Å². The van der Waals surface area contributed by atoms with Crippen LogP contribution in [0.2, 0.25) is 0 Å². The number of hydrazone groups is 1. The zero-order valence-electron chi connectivity index (χ0n) is 21.4. The van der Waals surface area contributed by atoms with E-state index in [0.29, 0.717) is 35.8 Å². The Balaban J connectivity index is 1.79. The van der Waals surface area contributed by atoms with Crippen LogP contribution in [0.4, 0.5) is 18.9 Å². The largest absolute Gasteiger partial charge is 0.493 e. The molecule has 0 radical (unpaired) electrons. The molecule has 0 atom stereocenters. The monoisotopic (exact) mass is 625 g/mol. The van der Waals surface area contributed by atoms with E-state index in [9.17, 15) is 28.1 Å². The minimum Gasteiger partial charge on any atom is -0.493 e. The van der Waals surface area contributed by atoms with Crippen LogP contribution in [-0.2, 0) is 6.18 Å². The van der Waals surface area contributed by atoms with Gasteiger partial charge in [-0.1, -0.05) is 6.92 Å². The van der Waals surface area contributed by atoms with Crippen LogP contribution in [0.25, 0.3) is 0 Å². The highest BCUT2D eigenvalue weighted by atomic mass is 79.9. The molecule has 0 fully saturated rings.